The average molecular weight is 611 g/mol. The Morgan fingerprint density at radius 3 is 2.59 bits per heavy atom. The van der Waals surface area contributed by atoms with Crippen LogP contribution in [0.3, 0.4) is 0 Å². The van der Waals surface area contributed by atoms with Crippen molar-refractivity contribution < 1.29 is 28.9 Å². The van der Waals surface area contributed by atoms with Gasteiger partial charge in [0.25, 0.3) is 0 Å². The summed E-state index contributed by atoms with van der Waals surface area (Å²) < 4.78 is 31.6. The minimum atomic E-state index is -1.98. The Morgan fingerprint density at radius 1 is 1.24 bits per heavy atom. The van der Waals surface area contributed by atoms with Gasteiger partial charge in [0.05, 0.1) is 41.5 Å². The van der Waals surface area contributed by atoms with Crippen LogP contribution in [-0.4, -0.2) is 58.2 Å². The molecule has 0 aromatic heterocycles. The monoisotopic (exact) mass is 609 g/mol. The number of nitrogens with one attached hydrogen (secondary N) is 2. The number of carbonyl (C=O) groups is 1. The molecule has 41 heavy (non-hydrogen) atoms. The Kier molecular flexibility index (Phi) is 9.95. The molecule has 6 atom stereocenters. The molecule has 0 bridgehead atoms. The third-order valence-electron chi connectivity index (χ3n) is 8.79. The molecule has 4 rings (SSSR count). The SMILES string of the molecule is CC(O)(C1CCCCC1)[C@H]1N[C@@H](C(=O)NCC[C@H](O)CO)[C@H](c2cccc(Cl)c2F)[C@@]1(C#N)c1ccc(Cl)cc1F. The summed E-state index contributed by atoms with van der Waals surface area (Å²) in [6.45, 7) is 1.07. The second-order valence-corrected chi connectivity index (χ2v) is 12.1. The second kappa shape index (κ2) is 12.9. The molecule has 1 amide bonds. The molecule has 7 nitrogen and oxygen atoms in total. The van der Waals surface area contributed by atoms with Gasteiger partial charge in [-0.25, -0.2) is 8.78 Å². The zero-order valence-corrected chi connectivity index (χ0v) is 24.2. The minimum absolute atomic E-state index is 0.0258. The van der Waals surface area contributed by atoms with Crippen molar-refractivity contribution in [1.29, 1.82) is 5.26 Å². The molecule has 1 saturated carbocycles. The summed E-state index contributed by atoms with van der Waals surface area (Å²) >= 11 is 12.2. The first-order valence-corrected chi connectivity index (χ1v) is 14.6. The van der Waals surface area contributed by atoms with Crippen molar-refractivity contribution in [2.45, 2.75) is 80.6 Å². The maximum Gasteiger partial charge on any atom is 0.237 e. The number of hydrogen-bond donors (Lipinski definition) is 5. The van der Waals surface area contributed by atoms with Crippen LogP contribution in [0.5, 0.6) is 0 Å². The highest BCUT2D eigenvalue weighted by atomic mass is 35.5. The van der Waals surface area contributed by atoms with E-state index in [0.717, 1.165) is 25.3 Å². The third kappa shape index (κ3) is 5.96. The Labute approximate surface area is 248 Å². The molecular formula is C30H35Cl2F2N3O4. The van der Waals surface area contributed by atoms with Gasteiger partial charge in [-0.15, -0.1) is 0 Å². The number of benzene rings is 2. The maximum atomic E-state index is 15.8. The first-order chi connectivity index (χ1) is 19.5. The summed E-state index contributed by atoms with van der Waals surface area (Å²) in [5, 5.41) is 47.8. The zero-order chi connectivity index (χ0) is 29.9. The second-order valence-electron chi connectivity index (χ2n) is 11.3. The number of amides is 1. The lowest BCUT2D eigenvalue weighted by Crippen LogP contribution is -2.60. The van der Waals surface area contributed by atoms with Crippen molar-refractivity contribution in [1.82, 2.24) is 10.6 Å². The van der Waals surface area contributed by atoms with Crippen molar-refractivity contribution in [3.8, 4) is 6.07 Å². The van der Waals surface area contributed by atoms with E-state index in [1.54, 1.807) is 6.92 Å². The molecule has 1 heterocycles. The van der Waals surface area contributed by atoms with Crippen LogP contribution >= 0.6 is 23.2 Å². The maximum absolute atomic E-state index is 15.8. The predicted octanol–water partition coefficient (Wildman–Crippen LogP) is 4.35. The smallest absolute Gasteiger partial charge is 0.237 e. The fourth-order valence-electron chi connectivity index (χ4n) is 6.72. The van der Waals surface area contributed by atoms with E-state index in [1.165, 1.54) is 30.3 Å². The third-order valence-corrected chi connectivity index (χ3v) is 9.32. The highest BCUT2D eigenvalue weighted by Gasteiger charge is 2.66. The Balaban J connectivity index is 1.94. The Morgan fingerprint density at radius 2 is 1.95 bits per heavy atom. The van der Waals surface area contributed by atoms with Gasteiger partial charge in [-0.3, -0.25) is 10.1 Å². The molecule has 0 radical (unpaired) electrons. The van der Waals surface area contributed by atoms with Crippen molar-refractivity contribution in [2.24, 2.45) is 5.92 Å². The quantitative estimate of drug-likeness (QED) is 0.288. The van der Waals surface area contributed by atoms with Gasteiger partial charge in [-0.2, -0.15) is 5.26 Å². The largest absolute Gasteiger partial charge is 0.394 e. The van der Waals surface area contributed by atoms with Crippen LogP contribution in [0.1, 0.15) is 62.5 Å². The van der Waals surface area contributed by atoms with E-state index in [2.05, 4.69) is 16.7 Å². The lowest BCUT2D eigenvalue weighted by Gasteiger charge is -2.46. The lowest BCUT2D eigenvalue weighted by atomic mass is 9.59. The van der Waals surface area contributed by atoms with Crippen molar-refractivity contribution in [2.75, 3.05) is 13.2 Å². The van der Waals surface area contributed by atoms with Crippen molar-refractivity contribution in [3.63, 3.8) is 0 Å². The van der Waals surface area contributed by atoms with E-state index in [-0.39, 0.29) is 40.1 Å². The molecule has 1 aliphatic heterocycles. The van der Waals surface area contributed by atoms with Gasteiger partial charge >= 0.3 is 0 Å². The average Bonchev–Trinajstić information content (AvgIpc) is 3.31. The van der Waals surface area contributed by atoms with Crippen molar-refractivity contribution in [3.05, 3.63) is 69.2 Å². The van der Waals surface area contributed by atoms with Crippen LogP contribution in [0, 0.1) is 28.9 Å². The van der Waals surface area contributed by atoms with E-state index in [1.807, 2.05) is 0 Å². The van der Waals surface area contributed by atoms with Gasteiger partial charge in [0, 0.05) is 23.0 Å². The van der Waals surface area contributed by atoms with Gasteiger partial charge < -0.3 is 20.6 Å². The summed E-state index contributed by atoms with van der Waals surface area (Å²) in [4.78, 5) is 13.7. The lowest BCUT2D eigenvalue weighted by molar-refractivity contribution is -0.123. The van der Waals surface area contributed by atoms with Crippen LogP contribution in [0.15, 0.2) is 36.4 Å². The summed E-state index contributed by atoms with van der Waals surface area (Å²) in [6.07, 6.45) is 3.06. The summed E-state index contributed by atoms with van der Waals surface area (Å²) in [6, 6.07) is 7.78. The number of rotatable bonds is 9. The molecule has 2 aromatic rings. The van der Waals surface area contributed by atoms with Gasteiger partial charge in [0.1, 0.15) is 17.0 Å². The van der Waals surface area contributed by atoms with Crippen LogP contribution in [0.2, 0.25) is 10.0 Å². The molecule has 1 unspecified atom stereocenters. The highest BCUT2D eigenvalue weighted by molar-refractivity contribution is 6.31. The number of carbonyl (C=O) groups excluding carboxylic acids is 1. The molecule has 0 spiro atoms. The van der Waals surface area contributed by atoms with Gasteiger partial charge in [-0.05, 0) is 55.9 Å². The molecule has 1 saturated heterocycles. The minimum Gasteiger partial charge on any atom is -0.394 e. The molecule has 11 heteroatoms. The molecule has 2 aliphatic rings. The Hall–Kier alpha value is -2.32. The van der Waals surface area contributed by atoms with E-state index in [9.17, 15) is 20.3 Å². The van der Waals surface area contributed by atoms with Gasteiger partial charge in [-0.1, -0.05) is 60.7 Å². The topological polar surface area (TPSA) is 126 Å². The number of nitrogens with zero attached hydrogens (tertiary/aromatic N) is 1. The fraction of sp³-hybridized carbons (Fsp3) is 0.533. The first kappa shape index (κ1) is 31.6. The summed E-state index contributed by atoms with van der Waals surface area (Å²) in [7, 11) is 0. The highest BCUT2D eigenvalue weighted by Crippen LogP contribution is 2.55. The summed E-state index contributed by atoms with van der Waals surface area (Å²) in [5.74, 6) is -3.94. The molecule has 222 valence electrons. The molecule has 2 fully saturated rings. The Bertz CT molecular complexity index is 1300. The summed E-state index contributed by atoms with van der Waals surface area (Å²) in [5.41, 5.74) is -3.81. The standard InChI is InChI=1S/C30H35Cl2F2N3O4/c1-29(41,17-6-3-2-4-7-17)28-30(16-35,21-11-10-18(31)14-23(21)33)24(20-8-5-9-22(32)25(20)34)26(37-28)27(40)36-13-12-19(39)15-38/h5,8-11,14,17,19,24,26,28,37-39,41H,2-4,6-7,12-13,15H2,1H3,(H,36,40)/t19-,24-,26+,28+,29?,30+/m0/s1. The van der Waals surface area contributed by atoms with Crippen molar-refractivity contribution >= 4 is 29.1 Å². The van der Waals surface area contributed by atoms with Crippen LogP contribution in [0.4, 0.5) is 8.78 Å². The number of aliphatic hydroxyl groups is 3. The van der Waals surface area contributed by atoms with Crippen LogP contribution in [-0.2, 0) is 10.2 Å². The molecule has 2 aromatic carbocycles. The van der Waals surface area contributed by atoms with Gasteiger partial charge in [0.15, 0.2) is 0 Å². The van der Waals surface area contributed by atoms with E-state index in [4.69, 9.17) is 28.3 Å². The normalized spacial score (nSPS) is 27.1. The first-order valence-electron chi connectivity index (χ1n) is 13.8. The molecular weight excluding hydrogens is 575 g/mol. The number of halogens is 4. The van der Waals surface area contributed by atoms with E-state index < -0.39 is 59.3 Å². The predicted molar refractivity (Wildman–Crippen MR) is 151 cm³/mol. The van der Waals surface area contributed by atoms with E-state index in [0.29, 0.717) is 12.8 Å². The van der Waals surface area contributed by atoms with Gasteiger partial charge in [0.2, 0.25) is 5.91 Å². The number of aliphatic hydroxyl groups excluding tert-OH is 2. The van der Waals surface area contributed by atoms with E-state index >= 15 is 8.78 Å². The number of hydrogen-bond acceptors (Lipinski definition) is 6. The fourth-order valence-corrected chi connectivity index (χ4v) is 7.06. The molecule has 5 N–H and O–H groups in total. The van der Waals surface area contributed by atoms with Crippen LogP contribution in [0.25, 0.3) is 0 Å². The van der Waals surface area contributed by atoms with Crippen LogP contribution < -0.4 is 10.6 Å². The number of nitriles is 1. The molecule has 1 aliphatic carbocycles. The zero-order valence-electron chi connectivity index (χ0n) is 22.7.